The van der Waals surface area contributed by atoms with Crippen LogP contribution in [-0.4, -0.2) is 58.9 Å². The highest BCUT2D eigenvalue weighted by molar-refractivity contribution is 6.62. The minimum absolute atomic E-state index is 0.0266. The lowest BCUT2D eigenvalue weighted by Gasteiger charge is -2.41. The summed E-state index contributed by atoms with van der Waals surface area (Å²) in [7, 11) is 0. The molecule has 0 spiro atoms. The Hall–Kier alpha value is -1.81. The van der Waals surface area contributed by atoms with Crippen LogP contribution in [-0.2, 0) is 0 Å². The van der Waals surface area contributed by atoms with Crippen molar-refractivity contribution < 1.29 is 29.3 Å². The van der Waals surface area contributed by atoms with E-state index in [-0.39, 0.29) is 40.4 Å². The zero-order valence-electron chi connectivity index (χ0n) is 14.3. The molecule has 2 aliphatic heterocycles. The van der Waals surface area contributed by atoms with Gasteiger partial charge in [-0.1, -0.05) is 18.3 Å². The van der Waals surface area contributed by atoms with Gasteiger partial charge in [-0.25, -0.2) is 0 Å². The van der Waals surface area contributed by atoms with E-state index in [9.17, 15) is 19.9 Å². The minimum atomic E-state index is -3.05. The van der Waals surface area contributed by atoms with Crippen molar-refractivity contribution in [1.82, 2.24) is 4.90 Å². The van der Waals surface area contributed by atoms with Crippen LogP contribution in [0.1, 0.15) is 41.1 Å². The van der Waals surface area contributed by atoms with Crippen molar-refractivity contribution in [2.45, 2.75) is 42.6 Å². The number of carboxylic acid groups (broad SMARTS) is 1. The van der Waals surface area contributed by atoms with Crippen LogP contribution in [0, 0.1) is 0 Å². The molecule has 2 unspecified atom stereocenters. The molecule has 2 atom stereocenters. The van der Waals surface area contributed by atoms with Crippen LogP contribution in [0.5, 0.6) is 11.5 Å². The summed E-state index contributed by atoms with van der Waals surface area (Å²) in [6, 6.07) is 3.37. The normalized spacial score (nSPS) is 30.4. The van der Waals surface area contributed by atoms with E-state index in [4.69, 9.17) is 15.1 Å². The Balaban J connectivity index is 1.36. The largest absolute Gasteiger partial charge is 0.669 e. The first kappa shape index (κ1) is 16.4. The first-order valence-electron chi connectivity index (χ1n) is 9.10. The molecular formula is C17H21BN2O6-2. The number of carboxylic acids is 1. The smallest absolute Gasteiger partial charge is 0.434 e. The summed E-state index contributed by atoms with van der Waals surface area (Å²) in [5, 5.41) is 31.8. The van der Waals surface area contributed by atoms with Gasteiger partial charge in [-0.2, -0.15) is 0 Å². The molecular weight excluding hydrogens is 339 g/mol. The van der Waals surface area contributed by atoms with Crippen LogP contribution in [0.15, 0.2) is 12.1 Å². The number of ether oxygens (including phenoxy) is 1. The second kappa shape index (κ2) is 5.13. The van der Waals surface area contributed by atoms with E-state index in [0.717, 1.165) is 19.4 Å². The summed E-state index contributed by atoms with van der Waals surface area (Å²) in [5.74, 6) is -1.78. The fourth-order valence-corrected chi connectivity index (χ4v) is 4.27. The van der Waals surface area contributed by atoms with E-state index in [2.05, 4.69) is 4.90 Å². The molecule has 2 heterocycles. The van der Waals surface area contributed by atoms with Gasteiger partial charge in [0, 0.05) is 25.2 Å². The number of hydrogen-bond acceptors (Lipinski definition) is 8. The summed E-state index contributed by atoms with van der Waals surface area (Å²) < 4.78 is 11.1. The standard InChI is InChI=1S/C17H22BN2O6/c19-17(3-4-17)8-20-6-9(7-20)25-13-2-1-10-11-5-12(11)18(23,24)26-15(10)14(13)16(21)22/h1-2,9,11-12,23-24H,3-8,19H2,(H,21,22)/q-1/p-1. The van der Waals surface area contributed by atoms with Gasteiger partial charge < -0.3 is 35.1 Å². The van der Waals surface area contributed by atoms with Gasteiger partial charge in [0.15, 0.2) is 0 Å². The van der Waals surface area contributed by atoms with Crippen molar-refractivity contribution in [3.8, 4) is 11.5 Å². The zero-order chi connectivity index (χ0) is 18.3. The fraction of sp³-hybridized carbons (Fsp3) is 0.588. The Morgan fingerprint density at radius 2 is 2.15 bits per heavy atom. The highest BCUT2D eigenvalue weighted by Gasteiger charge is 2.55. The van der Waals surface area contributed by atoms with Gasteiger partial charge in [0.2, 0.25) is 0 Å². The van der Waals surface area contributed by atoms with E-state index in [1.165, 1.54) is 0 Å². The SMILES string of the molecule is NC1(CN2CC(Oc3ccc4c(c3C(=O)[O-])O[B-](O)(O)C3CC43)C2)CC1. The number of rotatable bonds is 5. The molecule has 8 nitrogen and oxygen atoms in total. The van der Waals surface area contributed by atoms with Crippen LogP contribution in [0.2, 0.25) is 5.82 Å². The maximum absolute atomic E-state index is 11.7. The van der Waals surface area contributed by atoms with Crippen molar-refractivity contribution in [3.05, 3.63) is 23.3 Å². The summed E-state index contributed by atoms with van der Waals surface area (Å²) in [5.41, 5.74) is 6.49. The third-order valence-electron chi connectivity index (χ3n) is 6.09. The first-order chi connectivity index (χ1) is 12.3. The quantitative estimate of drug-likeness (QED) is 0.558. The molecule has 4 N–H and O–H groups in total. The van der Waals surface area contributed by atoms with Gasteiger partial charge in [0.1, 0.15) is 11.9 Å². The van der Waals surface area contributed by atoms with E-state index >= 15 is 0 Å². The van der Waals surface area contributed by atoms with Gasteiger partial charge in [-0.05, 0) is 30.4 Å². The molecule has 26 heavy (non-hydrogen) atoms. The second-order valence-electron chi connectivity index (χ2n) is 8.33. The monoisotopic (exact) mass is 360 g/mol. The molecule has 140 valence electrons. The average Bonchev–Trinajstić information content (AvgIpc) is 3.40. The number of aromatic carboxylic acids is 1. The molecule has 0 aromatic heterocycles. The number of fused-ring (bicyclic) bond motifs is 3. The lowest BCUT2D eigenvalue weighted by Crippen LogP contribution is -2.57. The van der Waals surface area contributed by atoms with Crippen molar-refractivity contribution in [1.29, 1.82) is 0 Å². The van der Waals surface area contributed by atoms with Gasteiger partial charge in [0.05, 0.1) is 17.3 Å². The van der Waals surface area contributed by atoms with Crippen LogP contribution < -0.4 is 20.2 Å². The molecule has 3 fully saturated rings. The van der Waals surface area contributed by atoms with Crippen molar-refractivity contribution in [2.75, 3.05) is 19.6 Å². The van der Waals surface area contributed by atoms with Gasteiger partial charge in [0.25, 0.3) is 0 Å². The van der Waals surface area contributed by atoms with Gasteiger partial charge in [-0.15, -0.1) is 0 Å². The Morgan fingerprint density at radius 1 is 1.42 bits per heavy atom. The molecule has 0 amide bonds. The average molecular weight is 360 g/mol. The van der Waals surface area contributed by atoms with Crippen molar-refractivity contribution in [2.24, 2.45) is 5.73 Å². The van der Waals surface area contributed by atoms with E-state index in [1.807, 2.05) is 0 Å². The number of benzene rings is 1. The van der Waals surface area contributed by atoms with Crippen LogP contribution >= 0.6 is 0 Å². The Labute approximate surface area is 150 Å². The molecule has 2 saturated carbocycles. The maximum Gasteiger partial charge on any atom is 0.434 e. The molecule has 1 aromatic rings. The lowest BCUT2D eigenvalue weighted by molar-refractivity contribution is -0.255. The molecule has 1 aromatic carbocycles. The summed E-state index contributed by atoms with van der Waals surface area (Å²) in [6.45, 7) is -0.857. The predicted octanol–water partition coefficient (Wildman–Crippen LogP) is -1.22. The minimum Gasteiger partial charge on any atom is -0.669 e. The van der Waals surface area contributed by atoms with Crippen molar-refractivity contribution >= 4 is 12.7 Å². The fourth-order valence-electron chi connectivity index (χ4n) is 4.27. The van der Waals surface area contributed by atoms with E-state index in [0.29, 0.717) is 25.1 Å². The zero-order valence-corrected chi connectivity index (χ0v) is 14.3. The third-order valence-corrected chi connectivity index (χ3v) is 6.09. The molecule has 5 rings (SSSR count). The Kier molecular flexibility index (Phi) is 3.23. The van der Waals surface area contributed by atoms with Gasteiger partial charge in [-0.3, -0.25) is 4.90 Å². The summed E-state index contributed by atoms with van der Waals surface area (Å²) >= 11 is 0. The molecule has 2 aliphatic carbocycles. The molecule has 0 radical (unpaired) electrons. The van der Waals surface area contributed by atoms with Crippen LogP contribution in [0.25, 0.3) is 0 Å². The summed E-state index contributed by atoms with van der Waals surface area (Å²) in [6.07, 6.45) is 2.52. The molecule has 1 saturated heterocycles. The molecule has 4 aliphatic rings. The number of nitrogens with zero attached hydrogens (tertiary/aromatic N) is 1. The third kappa shape index (κ3) is 2.58. The summed E-state index contributed by atoms with van der Waals surface area (Å²) in [4.78, 5) is 13.9. The number of hydrogen-bond donors (Lipinski definition) is 3. The number of nitrogens with two attached hydrogens (primary N) is 1. The number of carbonyl (C=O) groups is 1. The van der Waals surface area contributed by atoms with Crippen molar-refractivity contribution in [3.63, 3.8) is 0 Å². The molecule has 9 heteroatoms. The highest BCUT2D eigenvalue weighted by Crippen LogP contribution is 2.63. The topological polar surface area (TPSA) is 128 Å². The van der Waals surface area contributed by atoms with E-state index < -0.39 is 12.7 Å². The maximum atomic E-state index is 11.7. The highest BCUT2D eigenvalue weighted by atomic mass is 16.6. The Morgan fingerprint density at radius 3 is 2.81 bits per heavy atom. The van der Waals surface area contributed by atoms with Crippen LogP contribution in [0.4, 0.5) is 0 Å². The number of likely N-dealkylation sites (tertiary alicyclic amines) is 1. The van der Waals surface area contributed by atoms with Crippen LogP contribution in [0.3, 0.4) is 0 Å². The Bertz CT molecular complexity index is 790. The first-order valence-corrected chi connectivity index (χ1v) is 9.10. The molecule has 0 bridgehead atoms. The lowest BCUT2D eigenvalue weighted by atomic mass is 9.68. The van der Waals surface area contributed by atoms with E-state index in [1.54, 1.807) is 12.1 Å². The van der Waals surface area contributed by atoms with Gasteiger partial charge >= 0.3 is 6.75 Å². The predicted molar refractivity (Wildman–Crippen MR) is 89.7 cm³/mol. The second-order valence-corrected chi connectivity index (χ2v) is 8.33. The number of carbonyl (C=O) groups excluding carboxylic acids is 1.